The summed E-state index contributed by atoms with van der Waals surface area (Å²) in [5.41, 5.74) is 3.55. The third-order valence-electron chi connectivity index (χ3n) is 6.40. The summed E-state index contributed by atoms with van der Waals surface area (Å²) in [4.78, 5) is 39.5. The Bertz CT molecular complexity index is 1190. The first-order chi connectivity index (χ1) is 15.5. The van der Waals surface area contributed by atoms with Crippen LogP contribution >= 0.6 is 23.4 Å². The number of nitrogens with zero attached hydrogens (tertiary/aromatic N) is 3. The predicted octanol–water partition coefficient (Wildman–Crippen LogP) is 6.21. The minimum Gasteiger partial charge on any atom is -0.369 e. The van der Waals surface area contributed by atoms with Crippen LogP contribution in [0.5, 0.6) is 0 Å². The predicted molar refractivity (Wildman–Crippen MR) is 132 cm³/mol. The van der Waals surface area contributed by atoms with Crippen LogP contribution in [-0.4, -0.2) is 33.6 Å². The Labute approximate surface area is 201 Å². The second-order valence-corrected chi connectivity index (χ2v) is 10.5. The zero-order valence-corrected chi connectivity index (χ0v) is 20.4. The smallest absolute Gasteiger partial charge is 0.293 e. The molecule has 0 aromatic heterocycles. The number of thioether (sulfide) groups is 1. The van der Waals surface area contributed by atoms with Crippen molar-refractivity contribution in [2.45, 2.75) is 45.2 Å². The lowest BCUT2D eigenvalue weighted by Crippen LogP contribution is -2.45. The number of anilines is 1. The van der Waals surface area contributed by atoms with E-state index in [1.165, 1.54) is 12.1 Å². The van der Waals surface area contributed by atoms with Gasteiger partial charge in [-0.2, -0.15) is 0 Å². The van der Waals surface area contributed by atoms with Crippen LogP contribution in [0.1, 0.15) is 49.8 Å². The molecule has 2 aliphatic heterocycles. The summed E-state index contributed by atoms with van der Waals surface area (Å²) in [6.45, 7) is 6.64. The van der Waals surface area contributed by atoms with E-state index >= 15 is 0 Å². The van der Waals surface area contributed by atoms with E-state index in [1.54, 1.807) is 18.2 Å². The van der Waals surface area contributed by atoms with Crippen LogP contribution in [0.4, 0.5) is 16.2 Å². The second-order valence-electron chi connectivity index (χ2n) is 9.10. The lowest BCUT2D eigenvalue weighted by atomic mass is 9.80. The fraction of sp³-hybridized carbons (Fsp3) is 0.333. The van der Waals surface area contributed by atoms with Gasteiger partial charge in [-0.1, -0.05) is 30.7 Å². The van der Waals surface area contributed by atoms with Crippen molar-refractivity contribution in [3.8, 4) is 0 Å². The first-order valence-corrected chi connectivity index (χ1v) is 11.7. The molecule has 4 rings (SSSR count). The van der Waals surface area contributed by atoms with Crippen LogP contribution in [0.2, 0.25) is 5.02 Å². The zero-order chi connectivity index (χ0) is 24.1. The minimum atomic E-state index is -0.492. The number of halogens is 1. The van der Waals surface area contributed by atoms with Crippen molar-refractivity contribution < 1.29 is 14.5 Å². The summed E-state index contributed by atoms with van der Waals surface area (Å²) in [5.74, 6) is -0.0729. The highest BCUT2D eigenvalue weighted by Crippen LogP contribution is 2.45. The summed E-state index contributed by atoms with van der Waals surface area (Å²) >= 11 is 7.46. The number of hydrogen-bond acceptors (Lipinski definition) is 6. The van der Waals surface area contributed by atoms with Gasteiger partial charge in [0.15, 0.2) is 0 Å². The molecule has 0 radical (unpaired) electrons. The van der Waals surface area contributed by atoms with Gasteiger partial charge in [-0.05, 0) is 72.8 Å². The Balaban J connectivity index is 1.60. The molecule has 33 heavy (non-hydrogen) atoms. The number of carbonyl (C=O) groups is 2. The molecule has 2 amide bonds. The lowest BCUT2D eigenvalue weighted by molar-refractivity contribution is -0.384. The maximum Gasteiger partial charge on any atom is 0.293 e. The van der Waals surface area contributed by atoms with E-state index in [-0.39, 0.29) is 23.0 Å². The average Bonchev–Trinajstić information content (AvgIpc) is 3.00. The molecule has 0 bridgehead atoms. The number of amides is 2. The Kier molecular flexibility index (Phi) is 6.01. The van der Waals surface area contributed by atoms with Gasteiger partial charge < -0.3 is 4.90 Å². The fourth-order valence-electron chi connectivity index (χ4n) is 4.40. The van der Waals surface area contributed by atoms with E-state index in [0.29, 0.717) is 27.0 Å². The normalized spacial score (nSPS) is 21.0. The van der Waals surface area contributed by atoms with E-state index in [2.05, 4.69) is 32.7 Å². The molecular formula is C24H24ClN3O4S. The van der Waals surface area contributed by atoms with Gasteiger partial charge in [-0.3, -0.25) is 24.6 Å². The van der Waals surface area contributed by atoms with E-state index in [0.717, 1.165) is 34.3 Å². The van der Waals surface area contributed by atoms with E-state index in [9.17, 15) is 19.7 Å². The molecule has 0 spiro atoms. The number of carbonyl (C=O) groups excluding carboxylic acids is 2. The summed E-state index contributed by atoms with van der Waals surface area (Å²) < 4.78 is 0. The van der Waals surface area contributed by atoms with Crippen molar-refractivity contribution in [3.05, 3.63) is 73.1 Å². The van der Waals surface area contributed by atoms with Gasteiger partial charge in [-0.25, -0.2) is 0 Å². The van der Waals surface area contributed by atoms with Crippen LogP contribution in [0.15, 0.2) is 41.3 Å². The van der Waals surface area contributed by atoms with Crippen LogP contribution < -0.4 is 4.90 Å². The topological polar surface area (TPSA) is 83.8 Å². The number of fused-ring (bicyclic) bond motifs is 1. The Morgan fingerprint density at radius 3 is 2.55 bits per heavy atom. The monoisotopic (exact) mass is 485 g/mol. The van der Waals surface area contributed by atoms with Crippen molar-refractivity contribution in [2.75, 3.05) is 11.9 Å². The number of rotatable bonds is 4. The van der Waals surface area contributed by atoms with Crippen molar-refractivity contribution in [1.82, 2.24) is 4.90 Å². The van der Waals surface area contributed by atoms with Crippen molar-refractivity contribution in [3.63, 3.8) is 0 Å². The highest BCUT2D eigenvalue weighted by molar-refractivity contribution is 8.18. The first kappa shape index (κ1) is 23.3. The highest BCUT2D eigenvalue weighted by Gasteiger charge is 2.37. The zero-order valence-electron chi connectivity index (χ0n) is 18.8. The molecule has 1 fully saturated rings. The fourth-order valence-corrected chi connectivity index (χ4v) is 5.44. The van der Waals surface area contributed by atoms with E-state index in [1.807, 2.05) is 12.1 Å². The molecule has 0 unspecified atom stereocenters. The van der Waals surface area contributed by atoms with Gasteiger partial charge in [0, 0.05) is 35.4 Å². The van der Waals surface area contributed by atoms with Crippen LogP contribution in [0, 0.1) is 10.1 Å². The van der Waals surface area contributed by atoms with E-state index in [4.69, 9.17) is 11.6 Å². The third kappa shape index (κ3) is 4.37. The molecule has 2 aliphatic rings. The average molecular weight is 486 g/mol. The molecule has 2 heterocycles. The van der Waals surface area contributed by atoms with Crippen molar-refractivity contribution >= 4 is 52.0 Å². The van der Waals surface area contributed by atoms with Crippen LogP contribution in [0.3, 0.4) is 0 Å². The number of nitro benzene ring substituents is 1. The van der Waals surface area contributed by atoms with Gasteiger partial charge in [0.25, 0.3) is 16.8 Å². The summed E-state index contributed by atoms with van der Waals surface area (Å²) in [7, 11) is 2.06. The van der Waals surface area contributed by atoms with Gasteiger partial charge in [0.05, 0.1) is 16.4 Å². The molecule has 1 saturated heterocycles. The first-order valence-electron chi connectivity index (χ1n) is 10.5. The van der Waals surface area contributed by atoms with Gasteiger partial charge in [-0.15, -0.1) is 0 Å². The number of hydrogen-bond donors (Lipinski definition) is 0. The number of imide groups is 1. The van der Waals surface area contributed by atoms with Crippen LogP contribution in [0.25, 0.3) is 6.08 Å². The maximum atomic E-state index is 13.0. The highest BCUT2D eigenvalue weighted by atomic mass is 35.5. The van der Waals surface area contributed by atoms with Gasteiger partial charge in [0.1, 0.15) is 0 Å². The SMILES string of the molecule is C[C@@H]1CC(C)(C)N(C)c2cc(Cl)c(/C=C3\SC(=O)N(Cc4ccc([N+](=O)[O-])cc4)C3=O)cc21. The van der Waals surface area contributed by atoms with E-state index < -0.39 is 10.8 Å². The molecule has 2 aromatic rings. The van der Waals surface area contributed by atoms with Gasteiger partial charge in [0.2, 0.25) is 0 Å². The molecule has 0 aliphatic carbocycles. The molecule has 0 N–H and O–H groups in total. The summed E-state index contributed by atoms with van der Waals surface area (Å²) in [6, 6.07) is 9.75. The Morgan fingerprint density at radius 1 is 1.24 bits per heavy atom. The van der Waals surface area contributed by atoms with Gasteiger partial charge >= 0.3 is 0 Å². The Morgan fingerprint density at radius 2 is 1.91 bits per heavy atom. The second kappa shape index (κ2) is 8.50. The summed E-state index contributed by atoms with van der Waals surface area (Å²) in [5, 5.41) is 11.0. The standard InChI is InChI=1S/C24H24ClN3O4S/c1-14-12-24(2,3)26(4)20-11-19(25)16(9-18(14)20)10-21-22(29)27(23(30)33-21)13-15-5-7-17(8-6-15)28(31)32/h5-11,14H,12-13H2,1-4H3/b21-10-/t14-/m1/s1. The van der Waals surface area contributed by atoms with Crippen molar-refractivity contribution in [1.29, 1.82) is 0 Å². The third-order valence-corrected chi connectivity index (χ3v) is 7.63. The summed E-state index contributed by atoms with van der Waals surface area (Å²) in [6.07, 6.45) is 2.67. The quantitative estimate of drug-likeness (QED) is 0.291. The molecule has 1 atom stereocenters. The molecule has 172 valence electrons. The number of nitro groups is 1. The Hall–Kier alpha value is -2.84. The number of non-ortho nitro benzene ring substituents is 1. The van der Waals surface area contributed by atoms with Crippen molar-refractivity contribution in [2.24, 2.45) is 0 Å². The maximum absolute atomic E-state index is 13.0. The molecule has 9 heteroatoms. The minimum absolute atomic E-state index is 0.0117. The molecule has 0 saturated carbocycles. The molecule has 2 aromatic carbocycles. The van der Waals surface area contributed by atoms with Crippen LogP contribution in [-0.2, 0) is 11.3 Å². The lowest BCUT2D eigenvalue weighted by Gasteiger charge is -2.45. The largest absolute Gasteiger partial charge is 0.369 e. The number of benzene rings is 2. The molecular weight excluding hydrogens is 462 g/mol. The molecule has 7 nitrogen and oxygen atoms in total.